The lowest BCUT2D eigenvalue weighted by Gasteiger charge is -2.19. The minimum atomic E-state index is 0.611. The molecule has 25 heavy (non-hydrogen) atoms. The Kier molecular flexibility index (Phi) is 3.93. The third-order valence-corrected chi connectivity index (χ3v) is 4.16. The molecule has 0 unspecified atom stereocenters. The van der Waals surface area contributed by atoms with Crippen LogP contribution in [-0.4, -0.2) is 26.8 Å². The van der Waals surface area contributed by atoms with Crippen LogP contribution >= 0.6 is 0 Å². The SMILES string of the molecule is CCc1cc(CN(C)c2cc(-c3ccccc3)nc3ccnn23)on1. The third kappa shape index (κ3) is 2.98. The molecule has 3 heterocycles. The van der Waals surface area contributed by atoms with E-state index < -0.39 is 0 Å². The first-order chi connectivity index (χ1) is 12.2. The Hall–Kier alpha value is -3.15. The van der Waals surface area contributed by atoms with E-state index in [-0.39, 0.29) is 0 Å². The molecule has 6 nitrogen and oxygen atoms in total. The van der Waals surface area contributed by atoms with E-state index in [2.05, 4.69) is 34.2 Å². The second kappa shape index (κ2) is 6.39. The Balaban J connectivity index is 1.73. The molecule has 3 aromatic heterocycles. The molecule has 0 bridgehead atoms. The predicted octanol–water partition coefficient (Wildman–Crippen LogP) is 3.58. The highest BCUT2D eigenvalue weighted by atomic mass is 16.5. The summed E-state index contributed by atoms with van der Waals surface area (Å²) in [6.45, 7) is 2.67. The highest BCUT2D eigenvalue weighted by Crippen LogP contribution is 2.24. The summed E-state index contributed by atoms with van der Waals surface area (Å²) in [7, 11) is 2.01. The van der Waals surface area contributed by atoms with Gasteiger partial charge in [-0.25, -0.2) is 4.98 Å². The summed E-state index contributed by atoms with van der Waals surface area (Å²) in [5.41, 5.74) is 3.78. The monoisotopic (exact) mass is 333 g/mol. The topological polar surface area (TPSA) is 59.5 Å². The smallest absolute Gasteiger partial charge is 0.157 e. The Morgan fingerprint density at radius 3 is 2.72 bits per heavy atom. The Morgan fingerprint density at radius 1 is 1.12 bits per heavy atom. The molecular formula is C19H19N5O. The van der Waals surface area contributed by atoms with Crippen molar-refractivity contribution in [3.63, 3.8) is 0 Å². The van der Waals surface area contributed by atoms with E-state index >= 15 is 0 Å². The normalized spacial score (nSPS) is 11.1. The number of rotatable bonds is 5. The molecule has 0 aliphatic heterocycles. The number of aryl methyl sites for hydroxylation is 1. The van der Waals surface area contributed by atoms with Crippen LogP contribution in [0.3, 0.4) is 0 Å². The average Bonchev–Trinajstić information content (AvgIpc) is 3.30. The predicted molar refractivity (Wildman–Crippen MR) is 96.4 cm³/mol. The van der Waals surface area contributed by atoms with Crippen molar-refractivity contribution in [2.75, 3.05) is 11.9 Å². The van der Waals surface area contributed by atoms with Crippen molar-refractivity contribution in [2.24, 2.45) is 0 Å². The largest absolute Gasteiger partial charge is 0.359 e. The van der Waals surface area contributed by atoms with Gasteiger partial charge in [0, 0.05) is 30.8 Å². The first-order valence-electron chi connectivity index (χ1n) is 8.30. The van der Waals surface area contributed by atoms with Crippen molar-refractivity contribution in [2.45, 2.75) is 19.9 Å². The summed E-state index contributed by atoms with van der Waals surface area (Å²) in [6.07, 6.45) is 2.63. The molecule has 4 aromatic rings. The Labute approximate surface area is 145 Å². The van der Waals surface area contributed by atoms with Gasteiger partial charge in [-0.05, 0) is 6.42 Å². The first-order valence-corrected chi connectivity index (χ1v) is 8.30. The quantitative estimate of drug-likeness (QED) is 0.559. The van der Waals surface area contributed by atoms with E-state index in [9.17, 15) is 0 Å². The zero-order valence-electron chi connectivity index (χ0n) is 14.3. The number of nitrogens with zero attached hydrogens (tertiary/aromatic N) is 5. The summed E-state index contributed by atoms with van der Waals surface area (Å²) < 4.78 is 7.26. The molecule has 0 N–H and O–H groups in total. The van der Waals surface area contributed by atoms with E-state index in [1.165, 1.54) is 0 Å². The molecule has 6 heteroatoms. The van der Waals surface area contributed by atoms with Crippen LogP contribution in [0.2, 0.25) is 0 Å². The number of hydrogen-bond donors (Lipinski definition) is 0. The van der Waals surface area contributed by atoms with Crippen LogP contribution in [0.1, 0.15) is 18.4 Å². The van der Waals surface area contributed by atoms with Crippen molar-refractivity contribution in [3.8, 4) is 11.3 Å². The molecule has 0 fully saturated rings. The molecule has 0 amide bonds. The third-order valence-electron chi connectivity index (χ3n) is 4.16. The summed E-state index contributed by atoms with van der Waals surface area (Å²) in [6, 6.07) is 16.1. The molecule has 0 saturated heterocycles. The van der Waals surface area contributed by atoms with Crippen molar-refractivity contribution in [1.29, 1.82) is 0 Å². The van der Waals surface area contributed by atoms with E-state index in [1.54, 1.807) is 6.20 Å². The number of anilines is 1. The molecular weight excluding hydrogens is 314 g/mol. The van der Waals surface area contributed by atoms with Crippen LogP contribution in [0, 0.1) is 0 Å². The van der Waals surface area contributed by atoms with Gasteiger partial charge in [0.1, 0.15) is 5.82 Å². The van der Waals surface area contributed by atoms with E-state index in [0.717, 1.165) is 40.6 Å². The maximum Gasteiger partial charge on any atom is 0.157 e. The van der Waals surface area contributed by atoms with Gasteiger partial charge >= 0.3 is 0 Å². The Bertz CT molecular complexity index is 989. The van der Waals surface area contributed by atoms with Crippen molar-refractivity contribution in [1.82, 2.24) is 19.8 Å². The maximum atomic E-state index is 5.42. The van der Waals surface area contributed by atoms with Crippen molar-refractivity contribution in [3.05, 3.63) is 66.2 Å². The van der Waals surface area contributed by atoms with Gasteiger partial charge < -0.3 is 9.42 Å². The molecule has 1 aromatic carbocycles. The zero-order chi connectivity index (χ0) is 17.2. The molecule has 0 radical (unpaired) electrons. The molecule has 0 saturated carbocycles. The lowest BCUT2D eigenvalue weighted by molar-refractivity contribution is 0.377. The lowest BCUT2D eigenvalue weighted by Crippen LogP contribution is -2.19. The van der Waals surface area contributed by atoms with Gasteiger partial charge in [0.25, 0.3) is 0 Å². The Morgan fingerprint density at radius 2 is 1.96 bits per heavy atom. The molecule has 126 valence electrons. The van der Waals surface area contributed by atoms with Gasteiger partial charge in [0.15, 0.2) is 11.4 Å². The fourth-order valence-corrected chi connectivity index (χ4v) is 2.84. The number of aromatic nitrogens is 4. The lowest BCUT2D eigenvalue weighted by atomic mass is 10.1. The van der Waals surface area contributed by atoms with Gasteiger partial charge in [-0.1, -0.05) is 42.4 Å². The molecule has 0 aliphatic rings. The minimum Gasteiger partial charge on any atom is -0.359 e. The second-order valence-corrected chi connectivity index (χ2v) is 5.96. The maximum absolute atomic E-state index is 5.42. The summed E-state index contributed by atoms with van der Waals surface area (Å²) in [5, 5.41) is 8.47. The van der Waals surface area contributed by atoms with Gasteiger partial charge in [-0.3, -0.25) is 0 Å². The van der Waals surface area contributed by atoms with E-state index in [0.29, 0.717) is 6.54 Å². The highest BCUT2D eigenvalue weighted by Gasteiger charge is 2.14. The molecule has 0 aliphatic carbocycles. The van der Waals surface area contributed by atoms with E-state index in [4.69, 9.17) is 9.51 Å². The summed E-state index contributed by atoms with van der Waals surface area (Å²) in [5.74, 6) is 1.78. The molecule has 0 atom stereocenters. The first kappa shape index (κ1) is 15.4. The van der Waals surface area contributed by atoms with Crippen LogP contribution in [0.5, 0.6) is 0 Å². The van der Waals surface area contributed by atoms with Gasteiger partial charge in [0.2, 0.25) is 0 Å². The molecule has 0 spiro atoms. The molecule has 4 rings (SSSR count). The average molecular weight is 333 g/mol. The standard InChI is InChI=1S/C19H19N5O/c1-3-15-11-16(25-22-15)13-23(2)19-12-17(14-7-5-4-6-8-14)21-18-9-10-20-24(18)19/h4-12H,3,13H2,1-2H3. The van der Waals surface area contributed by atoms with Gasteiger partial charge in [-0.15, -0.1) is 0 Å². The highest BCUT2D eigenvalue weighted by molar-refractivity contribution is 5.66. The van der Waals surface area contributed by atoms with Crippen molar-refractivity contribution >= 4 is 11.5 Å². The van der Waals surface area contributed by atoms with Crippen LogP contribution in [0.15, 0.2) is 59.3 Å². The second-order valence-electron chi connectivity index (χ2n) is 5.96. The minimum absolute atomic E-state index is 0.611. The number of fused-ring (bicyclic) bond motifs is 1. The summed E-state index contributed by atoms with van der Waals surface area (Å²) in [4.78, 5) is 6.80. The number of hydrogen-bond acceptors (Lipinski definition) is 5. The fraction of sp³-hybridized carbons (Fsp3) is 0.211. The van der Waals surface area contributed by atoms with Gasteiger partial charge in [-0.2, -0.15) is 9.61 Å². The van der Waals surface area contributed by atoms with E-state index in [1.807, 2.05) is 48.0 Å². The summed E-state index contributed by atoms with van der Waals surface area (Å²) >= 11 is 0. The van der Waals surface area contributed by atoms with Crippen molar-refractivity contribution < 1.29 is 4.52 Å². The zero-order valence-corrected chi connectivity index (χ0v) is 14.3. The van der Waals surface area contributed by atoms with Crippen LogP contribution in [0.4, 0.5) is 5.82 Å². The van der Waals surface area contributed by atoms with Crippen LogP contribution in [0.25, 0.3) is 16.9 Å². The number of benzene rings is 1. The van der Waals surface area contributed by atoms with Gasteiger partial charge in [0.05, 0.1) is 24.1 Å². The van der Waals surface area contributed by atoms with Crippen LogP contribution in [-0.2, 0) is 13.0 Å². The van der Waals surface area contributed by atoms with Crippen LogP contribution < -0.4 is 4.90 Å². The fourth-order valence-electron chi connectivity index (χ4n) is 2.84.